The lowest BCUT2D eigenvalue weighted by molar-refractivity contribution is -0.188. The molecule has 2 aromatic rings. The smallest absolute Gasteiger partial charge is 0.168 e. The van der Waals surface area contributed by atoms with Crippen LogP contribution in [0.25, 0.3) is 0 Å². The molecule has 2 fully saturated rings. The molecule has 1 heterocycles. The molecule has 1 aliphatic carbocycles. The van der Waals surface area contributed by atoms with Crippen molar-refractivity contribution in [2.75, 3.05) is 20.8 Å². The van der Waals surface area contributed by atoms with E-state index in [2.05, 4.69) is 0 Å². The minimum absolute atomic E-state index is 0.0770. The van der Waals surface area contributed by atoms with Gasteiger partial charge in [-0.1, -0.05) is 18.6 Å². The maximum atomic E-state index is 13.1. The number of ketones is 1. The summed E-state index contributed by atoms with van der Waals surface area (Å²) in [5.74, 6) is 1.09. The maximum absolute atomic E-state index is 13.1. The van der Waals surface area contributed by atoms with E-state index in [4.69, 9.17) is 18.9 Å². The number of Topliss-reactive ketones (excluding diaryl/α,β-unsaturated/α-hetero) is 1. The molecule has 0 amide bonds. The van der Waals surface area contributed by atoms with Gasteiger partial charge >= 0.3 is 0 Å². The quantitative estimate of drug-likeness (QED) is 0.592. The minimum atomic E-state index is -0.462. The van der Waals surface area contributed by atoms with Gasteiger partial charge in [0.15, 0.2) is 11.6 Å². The van der Waals surface area contributed by atoms with E-state index in [0.29, 0.717) is 18.6 Å². The van der Waals surface area contributed by atoms with E-state index in [-0.39, 0.29) is 17.8 Å². The van der Waals surface area contributed by atoms with Gasteiger partial charge in [0, 0.05) is 30.7 Å². The summed E-state index contributed by atoms with van der Waals surface area (Å²) in [4.78, 5) is 13.1. The van der Waals surface area contributed by atoms with Crippen molar-refractivity contribution < 1.29 is 23.7 Å². The zero-order chi connectivity index (χ0) is 21.0. The molecule has 160 valence electrons. The summed E-state index contributed by atoms with van der Waals surface area (Å²) in [5.41, 5.74) is 1.75. The molecule has 1 spiro atoms. The van der Waals surface area contributed by atoms with Crippen LogP contribution >= 0.6 is 0 Å². The van der Waals surface area contributed by atoms with Crippen LogP contribution in [0.2, 0.25) is 0 Å². The number of ether oxygens (including phenoxy) is 4. The van der Waals surface area contributed by atoms with Crippen LogP contribution in [0.5, 0.6) is 11.5 Å². The fourth-order valence-electron chi connectivity index (χ4n) is 4.54. The van der Waals surface area contributed by atoms with Crippen molar-refractivity contribution in [1.82, 2.24) is 0 Å². The molecule has 2 unspecified atom stereocenters. The molecular weight excluding hydrogens is 380 g/mol. The van der Waals surface area contributed by atoms with Crippen molar-refractivity contribution >= 4 is 5.78 Å². The summed E-state index contributed by atoms with van der Waals surface area (Å²) < 4.78 is 23.2. The topological polar surface area (TPSA) is 54.0 Å². The summed E-state index contributed by atoms with van der Waals surface area (Å²) in [6, 6.07) is 15.2. The number of benzene rings is 2. The maximum Gasteiger partial charge on any atom is 0.168 e. The van der Waals surface area contributed by atoms with Crippen molar-refractivity contribution in [3.63, 3.8) is 0 Å². The normalized spacial score (nSPS) is 21.3. The molecule has 0 N–H and O–H groups in total. The van der Waals surface area contributed by atoms with E-state index in [1.165, 1.54) is 6.42 Å². The second-order valence-corrected chi connectivity index (χ2v) is 8.17. The lowest BCUT2D eigenvalue weighted by Crippen LogP contribution is -2.34. The van der Waals surface area contributed by atoms with Crippen LogP contribution in [0.1, 0.15) is 60.4 Å². The number of carbonyl (C=O) groups is 1. The Kier molecular flexibility index (Phi) is 6.40. The molecule has 1 saturated heterocycles. The summed E-state index contributed by atoms with van der Waals surface area (Å²) in [6.07, 6.45) is 5.59. The van der Waals surface area contributed by atoms with Crippen LogP contribution in [-0.2, 0) is 9.47 Å². The van der Waals surface area contributed by atoms with Crippen LogP contribution in [0.15, 0.2) is 48.5 Å². The first-order chi connectivity index (χ1) is 14.6. The standard InChI is InChI=1S/C25H30O5/c1-27-20-10-6-18(7-11-20)22(16-23(26)19-8-12-21(28-2)13-9-19)24-17-29-25(30-24)14-4-3-5-15-25/h6-13,22,24H,3-5,14-17H2,1-2H3. The Labute approximate surface area is 178 Å². The average Bonchev–Trinajstić information content (AvgIpc) is 3.20. The van der Waals surface area contributed by atoms with E-state index >= 15 is 0 Å². The predicted molar refractivity (Wildman–Crippen MR) is 114 cm³/mol. The Hall–Kier alpha value is -2.37. The first-order valence-corrected chi connectivity index (χ1v) is 10.8. The Morgan fingerprint density at radius 3 is 2.17 bits per heavy atom. The number of methoxy groups -OCH3 is 2. The predicted octanol–water partition coefficient (Wildman–Crippen LogP) is 5.14. The van der Waals surface area contributed by atoms with Gasteiger partial charge in [-0.05, 0) is 54.8 Å². The van der Waals surface area contributed by atoms with Gasteiger partial charge in [-0.3, -0.25) is 4.79 Å². The second kappa shape index (κ2) is 9.19. The molecule has 1 saturated carbocycles. The lowest BCUT2D eigenvalue weighted by Gasteiger charge is -2.33. The van der Waals surface area contributed by atoms with Gasteiger partial charge in [0.2, 0.25) is 0 Å². The van der Waals surface area contributed by atoms with Gasteiger partial charge < -0.3 is 18.9 Å². The van der Waals surface area contributed by atoms with Crippen molar-refractivity contribution in [3.8, 4) is 11.5 Å². The summed E-state index contributed by atoms with van der Waals surface area (Å²) in [5, 5.41) is 0. The molecule has 0 aromatic heterocycles. The number of carbonyl (C=O) groups excluding carboxylic acids is 1. The second-order valence-electron chi connectivity index (χ2n) is 8.17. The van der Waals surface area contributed by atoms with Crippen LogP contribution in [0.4, 0.5) is 0 Å². The average molecular weight is 411 g/mol. The molecule has 2 aliphatic rings. The summed E-state index contributed by atoms with van der Waals surface area (Å²) in [7, 11) is 3.27. The molecule has 0 radical (unpaired) electrons. The lowest BCUT2D eigenvalue weighted by atomic mass is 9.87. The van der Waals surface area contributed by atoms with Crippen LogP contribution in [-0.4, -0.2) is 38.5 Å². The Morgan fingerprint density at radius 1 is 0.967 bits per heavy atom. The van der Waals surface area contributed by atoms with Gasteiger partial charge in [-0.25, -0.2) is 0 Å². The summed E-state index contributed by atoms with van der Waals surface area (Å²) >= 11 is 0. The van der Waals surface area contributed by atoms with Gasteiger partial charge in [-0.2, -0.15) is 0 Å². The number of rotatable bonds is 7. The van der Waals surface area contributed by atoms with Crippen LogP contribution in [0, 0.1) is 0 Å². The Balaban J connectivity index is 1.55. The monoisotopic (exact) mass is 410 g/mol. The van der Waals surface area contributed by atoms with Crippen LogP contribution < -0.4 is 9.47 Å². The third-order valence-corrected chi connectivity index (χ3v) is 6.30. The van der Waals surface area contributed by atoms with E-state index < -0.39 is 5.79 Å². The highest BCUT2D eigenvalue weighted by atomic mass is 16.7. The van der Waals surface area contributed by atoms with Gasteiger partial charge in [0.25, 0.3) is 0 Å². The molecule has 0 bridgehead atoms. The Bertz CT molecular complexity index is 837. The molecule has 4 rings (SSSR count). The largest absolute Gasteiger partial charge is 0.497 e. The van der Waals surface area contributed by atoms with Crippen molar-refractivity contribution in [1.29, 1.82) is 0 Å². The van der Waals surface area contributed by atoms with E-state index in [1.807, 2.05) is 48.5 Å². The molecule has 5 heteroatoms. The first-order valence-electron chi connectivity index (χ1n) is 10.8. The van der Waals surface area contributed by atoms with Crippen molar-refractivity contribution in [2.45, 2.75) is 56.3 Å². The highest BCUT2D eigenvalue weighted by Crippen LogP contribution is 2.42. The zero-order valence-electron chi connectivity index (χ0n) is 17.8. The molecule has 2 aromatic carbocycles. The molecule has 1 aliphatic heterocycles. The summed E-state index contributed by atoms with van der Waals surface area (Å²) in [6.45, 7) is 0.520. The van der Waals surface area contributed by atoms with E-state index in [9.17, 15) is 4.79 Å². The van der Waals surface area contributed by atoms with E-state index in [0.717, 1.165) is 42.7 Å². The minimum Gasteiger partial charge on any atom is -0.497 e. The highest BCUT2D eigenvalue weighted by molar-refractivity contribution is 5.96. The molecule has 5 nitrogen and oxygen atoms in total. The Morgan fingerprint density at radius 2 is 1.57 bits per heavy atom. The third-order valence-electron chi connectivity index (χ3n) is 6.30. The SMILES string of the molecule is COc1ccc(C(=O)CC(c2ccc(OC)cc2)C2COC3(CCCCC3)O2)cc1. The van der Waals surface area contributed by atoms with Gasteiger partial charge in [0.05, 0.1) is 26.9 Å². The van der Waals surface area contributed by atoms with Crippen molar-refractivity contribution in [2.24, 2.45) is 0 Å². The number of hydrogen-bond acceptors (Lipinski definition) is 5. The highest BCUT2D eigenvalue weighted by Gasteiger charge is 2.45. The van der Waals surface area contributed by atoms with Crippen molar-refractivity contribution in [3.05, 3.63) is 59.7 Å². The van der Waals surface area contributed by atoms with E-state index in [1.54, 1.807) is 14.2 Å². The zero-order valence-corrected chi connectivity index (χ0v) is 17.8. The number of hydrogen-bond donors (Lipinski definition) is 0. The van der Waals surface area contributed by atoms with Crippen LogP contribution in [0.3, 0.4) is 0 Å². The fraction of sp³-hybridized carbons (Fsp3) is 0.480. The van der Waals surface area contributed by atoms with Gasteiger partial charge in [0.1, 0.15) is 11.5 Å². The first kappa shape index (κ1) is 20.9. The van der Waals surface area contributed by atoms with Gasteiger partial charge in [-0.15, -0.1) is 0 Å². The fourth-order valence-corrected chi connectivity index (χ4v) is 4.54. The third kappa shape index (κ3) is 4.52. The molecule has 30 heavy (non-hydrogen) atoms. The molecular formula is C25H30O5. The molecule has 2 atom stereocenters.